The van der Waals surface area contributed by atoms with Gasteiger partial charge >= 0.3 is 18.2 Å². The zero-order chi connectivity index (χ0) is 50.5. The molecular weight excluding hydrogens is 881 g/mol. The standard InChI is InChI=1S/C49H66N6O13/c1-28-12-15-33(29(2)24-28)42(58)53-36(18-21-56)44(60)55(10)40-32-14-17-39(66-23-20-51-47(63)68-49(7,8)9)35(27-32)34-25-31(13-16-38(34)65-22-19-50-46(62)67-48(4,5)6)26-37(45(61)64-11)54-41(57)30(3)52-43(40)59/h12-17,24-25,27,30,36-37,40,56H,18-23,26H2,1-11H3,(H,50,62)(H,51,63)(H,52,59)(H,53,58)(H,54,57)/t30-,36-,37-,40-/m0/s1. The molecule has 3 aromatic carbocycles. The van der Waals surface area contributed by atoms with Gasteiger partial charge in [-0.15, -0.1) is 0 Å². The number of nitrogens with zero attached hydrogens (tertiary/aromatic N) is 1. The third kappa shape index (κ3) is 15.6. The summed E-state index contributed by atoms with van der Waals surface area (Å²) >= 11 is 0. The Kier molecular flexibility index (Phi) is 18.7. The first-order valence-electron chi connectivity index (χ1n) is 22.3. The first-order chi connectivity index (χ1) is 31.9. The van der Waals surface area contributed by atoms with Crippen molar-refractivity contribution >= 4 is 41.8 Å². The number of ether oxygens (including phenoxy) is 5. The van der Waals surface area contributed by atoms with Crippen molar-refractivity contribution < 1.29 is 62.4 Å². The van der Waals surface area contributed by atoms with Crippen LogP contribution in [0.3, 0.4) is 0 Å². The average Bonchev–Trinajstić information content (AvgIpc) is 3.24. The van der Waals surface area contributed by atoms with Gasteiger partial charge in [0.2, 0.25) is 17.7 Å². The van der Waals surface area contributed by atoms with Crippen molar-refractivity contribution in [3.63, 3.8) is 0 Å². The summed E-state index contributed by atoms with van der Waals surface area (Å²) in [4.78, 5) is 95.7. The van der Waals surface area contributed by atoms with Gasteiger partial charge in [-0.3, -0.25) is 19.2 Å². The summed E-state index contributed by atoms with van der Waals surface area (Å²) in [5.41, 5.74) is 1.93. The molecule has 4 atom stereocenters. The number of rotatable bonds is 15. The Hall–Kier alpha value is -6.89. The molecule has 4 rings (SSSR count). The van der Waals surface area contributed by atoms with Crippen LogP contribution in [0.25, 0.3) is 11.1 Å². The predicted molar refractivity (Wildman–Crippen MR) is 251 cm³/mol. The molecule has 6 amide bonds. The van der Waals surface area contributed by atoms with E-state index < -0.39 is 83.8 Å². The number of nitrogens with one attached hydrogen (secondary N) is 5. The molecule has 0 saturated heterocycles. The predicted octanol–water partition coefficient (Wildman–Crippen LogP) is 4.18. The van der Waals surface area contributed by atoms with E-state index in [1.54, 1.807) is 97.0 Å². The van der Waals surface area contributed by atoms with Crippen LogP contribution < -0.4 is 36.1 Å². The molecule has 0 aliphatic carbocycles. The van der Waals surface area contributed by atoms with Crippen molar-refractivity contribution in [1.29, 1.82) is 0 Å². The van der Waals surface area contributed by atoms with Gasteiger partial charge in [-0.1, -0.05) is 29.8 Å². The highest BCUT2D eigenvalue weighted by Crippen LogP contribution is 2.40. The molecule has 1 heterocycles. The number of benzene rings is 3. The molecule has 3 aromatic rings. The number of carbonyl (C=O) groups is 7. The molecule has 68 heavy (non-hydrogen) atoms. The largest absolute Gasteiger partial charge is 0.491 e. The zero-order valence-corrected chi connectivity index (χ0v) is 40.7. The minimum atomic E-state index is -1.48. The second kappa shape index (κ2) is 23.7. The van der Waals surface area contributed by atoms with Crippen LogP contribution in [0.4, 0.5) is 9.59 Å². The monoisotopic (exact) mass is 946 g/mol. The number of carbonyl (C=O) groups excluding carboxylic acids is 7. The number of aliphatic hydroxyl groups is 1. The first kappa shape index (κ1) is 53.7. The number of amides is 6. The van der Waals surface area contributed by atoms with Crippen LogP contribution >= 0.6 is 0 Å². The SMILES string of the molecule is COC(=O)[C@@H]1Cc2ccc(OCCNC(=O)OC(C)(C)C)c(c2)-c2cc(ccc2OCCNC(=O)OC(C)(C)C)[C@H](N(C)C(=O)[C@H](CCO)NC(=O)c2ccc(C)cc2C)C(=O)N[C@@H](C)C(=O)N1. The fourth-order valence-electron chi connectivity index (χ4n) is 7.19. The van der Waals surface area contributed by atoms with Crippen LogP contribution in [0.15, 0.2) is 54.6 Å². The van der Waals surface area contributed by atoms with Gasteiger partial charge in [0.05, 0.1) is 20.2 Å². The van der Waals surface area contributed by atoms with Crippen LogP contribution in [0, 0.1) is 13.8 Å². The molecule has 1 aliphatic rings. The number of aryl methyl sites for hydroxylation is 2. The van der Waals surface area contributed by atoms with Gasteiger partial charge < -0.3 is 60.3 Å². The molecule has 0 saturated carbocycles. The summed E-state index contributed by atoms with van der Waals surface area (Å²) < 4.78 is 28.3. The van der Waals surface area contributed by atoms with Crippen molar-refractivity contribution in [3.05, 3.63) is 82.4 Å². The van der Waals surface area contributed by atoms with E-state index in [0.717, 1.165) is 10.5 Å². The molecule has 0 radical (unpaired) electrons. The Bertz CT molecular complexity index is 2320. The van der Waals surface area contributed by atoms with Gasteiger partial charge in [0.1, 0.15) is 60.1 Å². The first-order valence-corrected chi connectivity index (χ1v) is 22.3. The zero-order valence-electron chi connectivity index (χ0n) is 40.7. The van der Waals surface area contributed by atoms with E-state index in [2.05, 4.69) is 26.6 Å². The third-order valence-corrected chi connectivity index (χ3v) is 10.3. The van der Waals surface area contributed by atoms with Gasteiger partial charge in [-0.05, 0) is 116 Å². The summed E-state index contributed by atoms with van der Waals surface area (Å²) in [6.07, 6.45) is -1.56. The normalized spacial score (nSPS) is 16.6. The summed E-state index contributed by atoms with van der Waals surface area (Å²) in [5, 5.41) is 23.5. The van der Waals surface area contributed by atoms with Crippen LogP contribution in [-0.2, 0) is 39.8 Å². The number of hydrogen-bond acceptors (Lipinski definition) is 13. The van der Waals surface area contributed by atoms with Crippen molar-refractivity contribution in [3.8, 4) is 22.6 Å². The highest BCUT2D eigenvalue weighted by Gasteiger charge is 2.36. The number of esters is 1. The quantitative estimate of drug-likeness (QED) is 0.0712. The number of methoxy groups -OCH3 is 1. The van der Waals surface area contributed by atoms with Gasteiger partial charge in [0.15, 0.2) is 0 Å². The molecule has 6 N–H and O–H groups in total. The molecule has 0 aromatic heterocycles. The fraction of sp³-hybridized carbons (Fsp3) is 0.490. The smallest absolute Gasteiger partial charge is 0.407 e. The Morgan fingerprint density at radius 2 is 1.37 bits per heavy atom. The lowest BCUT2D eigenvalue weighted by Gasteiger charge is -2.32. The Morgan fingerprint density at radius 3 is 1.91 bits per heavy atom. The third-order valence-electron chi connectivity index (χ3n) is 10.3. The molecule has 0 spiro atoms. The van der Waals surface area contributed by atoms with Gasteiger partial charge in [0, 0.05) is 36.8 Å². The van der Waals surface area contributed by atoms with Gasteiger partial charge in [-0.2, -0.15) is 0 Å². The summed E-state index contributed by atoms with van der Waals surface area (Å²) in [6.45, 7) is 14.9. The molecule has 370 valence electrons. The number of likely N-dealkylation sites (N-methyl/N-ethyl adjacent to an activating group) is 1. The van der Waals surface area contributed by atoms with Crippen LogP contribution in [0.1, 0.15) is 93.5 Å². The van der Waals surface area contributed by atoms with Crippen molar-refractivity contribution in [2.45, 2.75) is 111 Å². The summed E-state index contributed by atoms with van der Waals surface area (Å²) in [5.74, 6) is -3.07. The van der Waals surface area contributed by atoms with Crippen LogP contribution in [0.2, 0.25) is 0 Å². The van der Waals surface area contributed by atoms with Crippen molar-refractivity contribution in [2.24, 2.45) is 0 Å². The lowest BCUT2D eigenvalue weighted by Crippen LogP contribution is -2.55. The topological polar surface area (TPSA) is 249 Å². The molecule has 19 heteroatoms. The Labute approximate surface area is 397 Å². The Morgan fingerprint density at radius 1 is 0.794 bits per heavy atom. The van der Waals surface area contributed by atoms with Gasteiger partial charge in [0.25, 0.3) is 5.91 Å². The second-order valence-electron chi connectivity index (χ2n) is 18.4. The molecule has 1 aliphatic heterocycles. The second-order valence-corrected chi connectivity index (χ2v) is 18.4. The van der Waals surface area contributed by atoms with E-state index in [0.29, 0.717) is 27.8 Å². The van der Waals surface area contributed by atoms with E-state index in [1.165, 1.54) is 21.1 Å². The van der Waals surface area contributed by atoms with Crippen LogP contribution in [-0.4, -0.2) is 128 Å². The van der Waals surface area contributed by atoms with E-state index >= 15 is 0 Å². The molecule has 4 bridgehead atoms. The average molecular weight is 947 g/mol. The summed E-state index contributed by atoms with van der Waals surface area (Å²) in [6, 6.07) is 9.77. The van der Waals surface area contributed by atoms with Crippen LogP contribution in [0.5, 0.6) is 11.5 Å². The molecule has 19 nitrogen and oxygen atoms in total. The molecule has 0 fully saturated rings. The fourth-order valence-corrected chi connectivity index (χ4v) is 7.19. The number of fused-ring (bicyclic) bond motifs is 5. The maximum absolute atomic E-state index is 14.6. The molecule has 0 unspecified atom stereocenters. The number of hydrogen-bond donors (Lipinski definition) is 6. The van der Waals surface area contributed by atoms with Gasteiger partial charge in [-0.25, -0.2) is 14.4 Å². The Balaban J connectivity index is 1.88. The van der Waals surface area contributed by atoms with E-state index in [1.807, 2.05) is 13.0 Å². The lowest BCUT2D eigenvalue weighted by molar-refractivity contribution is -0.145. The molecular formula is C49H66N6O13. The van der Waals surface area contributed by atoms with E-state index in [4.69, 9.17) is 23.7 Å². The minimum absolute atomic E-state index is 0.0244. The summed E-state index contributed by atoms with van der Waals surface area (Å²) in [7, 11) is 2.54. The highest BCUT2D eigenvalue weighted by atomic mass is 16.6. The maximum atomic E-state index is 14.6. The highest BCUT2D eigenvalue weighted by molar-refractivity contribution is 6.00. The number of alkyl carbamates (subject to hydrolysis) is 2. The van der Waals surface area contributed by atoms with Crippen molar-refractivity contribution in [1.82, 2.24) is 31.5 Å². The number of aliphatic hydroxyl groups excluding tert-OH is 1. The maximum Gasteiger partial charge on any atom is 0.407 e. The van der Waals surface area contributed by atoms with Crippen molar-refractivity contribution in [2.75, 3.05) is 47.1 Å². The minimum Gasteiger partial charge on any atom is -0.491 e. The lowest BCUT2D eigenvalue weighted by atomic mass is 9.93. The van der Waals surface area contributed by atoms with E-state index in [9.17, 15) is 38.7 Å². The van der Waals surface area contributed by atoms with E-state index in [-0.39, 0.29) is 56.2 Å².